The highest BCUT2D eigenvalue weighted by Crippen LogP contribution is 2.31. The average molecular weight is 243 g/mol. The first-order valence-corrected chi connectivity index (χ1v) is 4.64. The number of carboxylic acid groups (broad SMARTS) is 1. The maximum absolute atomic E-state index is 10.6. The number of benzene rings is 1. The zero-order valence-corrected chi connectivity index (χ0v) is 8.24. The number of hydrogen-bond acceptors (Lipinski definition) is 2. The minimum atomic E-state index is -0.910. The SMILES string of the molecule is O=C(O)[C@H]1Cc2cc(Br)ccc2O1. The van der Waals surface area contributed by atoms with E-state index in [4.69, 9.17) is 9.84 Å². The minimum absolute atomic E-state index is 0.449. The van der Waals surface area contributed by atoms with Gasteiger partial charge in [-0.15, -0.1) is 0 Å². The molecule has 1 N–H and O–H groups in total. The van der Waals surface area contributed by atoms with E-state index in [1.54, 1.807) is 6.07 Å². The molecule has 1 atom stereocenters. The first kappa shape index (κ1) is 8.56. The predicted molar refractivity (Wildman–Crippen MR) is 49.9 cm³/mol. The number of carboxylic acids is 1. The van der Waals surface area contributed by atoms with E-state index in [9.17, 15) is 4.79 Å². The Bertz CT molecular complexity index is 362. The monoisotopic (exact) mass is 242 g/mol. The fourth-order valence-corrected chi connectivity index (χ4v) is 1.76. The zero-order valence-electron chi connectivity index (χ0n) is 6.66. The Morgan fingerprint density at radius 2 is 2.38 bits per heavy atom. The Morgan fingerprint density at radius 3 is 3.08 bits per heavy atom. The fraction of sp³-hybridized carbons (Fsp3) is 0.222. The molecule has 1 aliphatic rings. The molecule has 2 rings (SSSR count). The van der Waals surface area contributed by atoms with Crippen molar-refractivity contribution in [3.05, 3.63) is 28.2 Å². The van der Waals surface area contributed by atoms with Crippen LogP contribution in [-0.2, 0) is 11.2 Å². The van der Waals surface area contributed by atoms with Gasteiger partial charge in [-0.2, -0.15) is 0 Å². The van der Waals surface area contributed by atoms with Gasteiger partial charge in [0.25, 0.3) is 0 Å². The van der Waals surface area contributed by atoms with E-state index in [0.29, 0.717) is 12.2 Å². The van der Waals surface area contributed by atoms with Crippen molar-refractivity contribution in [3.63, 3.8) is 0 Å². The van der Waals surface area contributed by atoms with Crippen LogP contribution in [0.3, 0.4) is 0 Å². The summed E-state index contributed by atoms with van der Waals surface area (Å²) in [5, 5.41) is 8.72. The maximum Gasteiger partial charge on any atom is 0.345 e. The third kappa shape index (κ3) is 1.54. The summed E-state index contributed by atoms with van der Waals surface area (Å²) in [4.78, 5) is 10.6. The Hall–Kier alpha value is -1.03. The van der Waals surface area contributed by atoms with Gasteiger partial charge in [0.2, 0.25) is 0 Å². The van der Waals surface area contributed by atoms with E-state index >= 15 is 0 Å². The van der Waals surface area contributed by atoms with E-state index < -0.39 is 12.1 Å². The van der Waals surface area contributed by atoms with Crippen LogP contribution in [0, 0.1) is 0 Å². The molecule has 13 heavy (non-hydrogen) atoms. The molecule has 0 bridgehead atoms. The largest absolute Gasteiger partial charge is 0.478 e. The number of hydrogen-bond donors (Lipinski definition) is 1. The van der Waals surface area contributed by atoms with Gasteiger partial charge in [0.1, 0.15) is 5.75 Å². The lowest BCUT2D eigenvalue weighted by Crippen LogP contribution is -2.24. The summed E-state index contributed by atoms with van der Waals surface area (Å²) in [6.45, 7) is 0. The normalized spacial score (nSPS) is 19.3. The number of ether oxygens (including phenoxy) is 1. The topological polar surface area (TPSA) is 46.5 Å². The molecule has 0 radical (unpaired) electrons. The summed E-state index contributed by atoms with van der Waals surface area (Å²) in [6, 6.07) is 5.50. The van der Waals surface area contributed by atoms with Crippen LogP contribution in [0.2, 0.25) is 0 Å². The third-order valence-corrected chi connectivity index (χ3v) is 2.47. The van der Waals surface area contributed by atoms with E-state index in [0.717, 1.165) is 10.0 Å². The summed E-state index contributed by atoms with van der Waals surface area (Å²) in [7, 11) is 0. The molecule has 3 nitrogen and oxygen atoms in total. The molecule has 0 amide bonds. The van der Waals surface area contributed by atoms with Gasteiger partial charge < -0.3 is 9.84 Å². The molecule has 68 valence electrons. The molecular weight excluding hydrogens is 236 g/mol. The summed E-state index contributed by atoms with van der Waals surface area (Å²) >= 11 is 3.32. The van der Waals surface area contributed by atoms with Crippen LogP contribution in [0.1, 0.15) is 5.56 Å². The molecule has 0 unspecified atom stereocenters. The quantitative estimate of drug-likeness (QED) is 0.818. The summed E-state index contributed by atoms with van der Waals surface area (Å²) < 4.78 is 6.15. The molecule has 0 saturated carbocycles. The lowest BCUT2D eigenvalue weighted by molar-refractivity contribution is -0.144. The molecule has 4 heteroatoms. The van der Waals surface area contributed by atoms with Gasteiger partial charge in [-0.3, -0.25) is 0 Å². The standard InChI is InChI=1S/C9H7BrO3/c10-6-1-2-7-5(3-6)4-8(13-7)9(11)12/h1-3,8H,4H2,(H,11,12)/t8-/m1/s1. The number of rotatable bonds is 1. The molecule has 1 aliphatic heterocycles. The van der Waals surface area contributed by atoms with Gasteiger partial charge in [0, 0.05) is 10.9 Å². The van der Waals surface area contributed by atoms with Crippen molar-refractivity contribution in [2.45, 2.75) is 12.5 Å². The molecule has 0 aliphatic carbocycles. The van der Waals surface area contributed by atoms with Gasteiger partial charge in [0.05, 0.1) is 0 Å². The van der Waals surface area contributed by atoms with Gasteiger partial charge in [-0.1, -0.05) is 15.9 Å². The van der Waals surface area contributed by atoms with Gasteiger partial charge in [-0.25, -0.2) is 4.79 Å². The van der Waals surface area contributed by atoms with Crippen molar-refractivity contribution in [1.82, 2.24) is 0 Å². The van der Waals surface area contributed by atoms with Gasteiger partial charge in [-0.05, 0) is 23.8 Å². The Kier molecular flexibility index (Phi) is 2.00. The van der Waals surface area contributed by atoms with Crippen LogP contribution in [0.15, 0.2) is 22.7 Å². The fourth-order valence-electron chi connectivity index (χ4n) is 1.35. The van der Waals surface area contributed by atoms with E-state index in [-0.39, 0.29) is 0 Å². The average Bonchev–Trinajstić information content (AvgIpc) is 2.46. The van der Waals surface area contributed by atoms with Crippen LogP contribution in [-0.4, -0.2) is 17.2 Å². The second kappa shape index (κ2) is 3.03. The summed E-state index contributed by atoms with van der Waals surface area (Å²) in [5.41, 5.74) is 0.946. The number of halogens is 1. The first-order valence-electron chi connectivity index (χ1n) is 3.85. The number of fused-ring (bicyclic) bond motifs is 1. The van der Waals surface area contributed by atoms with Crippen LogP contribution in [0.4, 0.5) is 0 Å². The minimum Gasteiger partial charge on any atom is -0.478 e. The summed E-state index contributed by atoms with van der Waals surface area (Å²) in [6.07, 6.45) is -0.270. The molecular formula is C9H7BrO3. The van der Waals surface area contributed by atoms with Crippen molar-refractivity contribution in [2.75, 3.05) is 0 Å². The zero-order chi connectivity index (χ0) is 9.42. The van der Waals surface area contributed by atoms with Crippen molar-refractivity contribution in [1.29, 1.82) is 0 Å². The summed E-state index contributed by atoms with van der Waals surface area (Å²) in [5.74, 6) is -0.233. The molecule has 1 heterocycles. The molecule has 1 aromatic rings. The van der Waals surface area contributed by atoms with Crippen LogP contribution >= 0.6 is 15.9 Å². The molecule has 0 aromatic heterocycles. The highest BCUT2D eigenvalue weighted by atomic mass is 79.9. The molecule has 1 aromatic carbocycles. The van der Waals surface area contributed by atoms with E-state index in [1.807, 2.05) is 12.1 Å². The van der Waals surface area contributed by atoms with E-state index in [1.165, 1.54) is 0 Å². The van der Waals surface area contributed by atoms with Crippen LogP contribution < -0.4 is 4.74 Å². The smallest absolute Gasteiger partial charge is 0.345 e. The van der Waals surface area contributed by atoms with Crippen molar-refractivity contribution in [2.24, 2.45) is 0 Å². The second-order valence-corrected chi connectivity index (χ2v) is 3.82. The van der Waals surface area contributed by atoms with Crippen molar-refractivity contribution < 1.29 is 14.6 Å². The molecule has 0 spiro atoms. The Labute approximate surface area is 83.5 Å². The Balaban J connectivity index is 2.30. The lowest BCUT2D eigenvalue weighted by Gasteiger charge is -2.02. The third-order valence-electron chi connectivity index (χ3n) is 1.97. The highest BCUT2D eigenvalue weighted by Gasteiger charge is 2.28. The first-order chi connectivity index (χ1) is 6.16. The van der Waals surface area contributed by atoms with Crippen molar-refractivity contribution in [3.8, 4) is 5.75 Å². The van der Waals surface area contributed by atoms with Crippen molar-refractivity contribution >= 4 is 21.9 Å². The van der Waals surface area contributed by atoms with Crippen LogP contribution in [0.5, 0.6) is 5.75 Å². The second-order valence-electron chi connectivity index (χ2n) is 2.90. The highest BCUT2D eigenvalue weighted by molar-refractivity contribution is 9.10. The predicted octanol–water partition coefficient (Wildman–Crippen LogP) is 1.84. The Morgan fingerprint density at radius 1 is 1.62 bits per heavy atom. The molecule has 0 saturated heterocycles. The number of carbonyl (C=O) groups is 1. The lowest BCUT2D eigenvalue weighted by atomic mass is 10.1. The van der Waals surface area contributed by atoms with E-state index in [2.05, 4.69) is 15.9 Å². The number of aliphatic carboxylic acids is 1. The van der Waals surface area contributed by atoms with Gasteiger partial charge >= 0.3 is 5.97 Å². The maximum atomic E-state index is 10.6. The molecule has 0 fully saturated rings. The van der Waals surface area contributed by atoms with Crippen LogP contribution in [0.25, 0.3) is 0 Å². The van der Waals surface area contributed by atoms with Gasteiger partial charge in [0.15, 0.2) is 6.10 Å².